The Morgan fingerprint density at radius 3 is 2.45 bits per heavy atom. The molecule has 0 radical (unpaired) electrons. The van der Waals surface area contributed by atoms with E-state index in [-0.39, 0.29) is 24.3 Å². The molecule has 1 aliphatic heterocycles. The second kappa shape index (κ2) is 12.8. The minimum atomic E-state index is -1.04. The van der Waals surface area contributed by atoms with E-state index in [1.54, 1.807) is 48.5 Å². The third-order valence-electron chi connectivity index (χ3n) is 6.21. The maximum Gasteiger partial charge on any atom is 0.287 e. The zero-order valence-electron chi connectivity index (χ0n) is 21.3. The molecule has 10 heteroatoms. The third-order valence-corrected chi connectivity index (χ3v) is 6.21. The van der Waals surface area contributed by atoms with E-state index in [4.69, 9.17) is 18.6 Å². The van der Waals surface area contributed by atoms with Crippen molar-refractivity contribution in [3.05, 3.63) is 78.3 Å². The molecule has 1 aliphatic rings. The van der Waals surface area contributed by atoms with Gasteiger partial charge in [0.2, 0.25) is 11.8 Å². The number of carbonyl (C=O) groups is 3. The third kappa shape index (κ3) is 6.33. The quantitative estimate of drug-likeness (QED) is 0.398. The maximum atomic E-state index is 13.8. The average molecular weight is 522 g/mol. The van der Waals surface area contributed by atoms with Crippen LogP contribution < -0.4 is 25.0 Å². The normalized spacial score (nSPS) is 15.4. The van der Waals surface area contributed by atoms with Crippen molar-refractivity contribution in [1.29, 1.82) is 0 Å². The van der Waals surface area contributed by atoms with Gasteiger partial charge in [0.05, 0.1) is 33.1 Å². The Kier molecular flexibility index (Phi) is 8.99. The van der Waals surface area contributed by atoms with Gasteiger partial charge >= 0.3 is 0 Å². The van der Waals surface area contributed by atoms with Gasteiger partial charge in [0.15, 0.2) is 17.3 Å². The number of ether oxygens (including phenoxy) is 3. The molecule has 38 heavy (non-hydrogen) atoms. The summed E-state index contributed by atoms with van der Waals surface area (Å²) in [5, 5.41) is 5.53. The fourth-order valence-electron chi connectivity index (χ4n) is 4.32. The predicted molar refractivity (Wildman–Crippen MR) is 139 cm³/mol. The molecule has 3 amide bonds. The molecule has 1 fully saturated rings. The zero-order chi connectivity index (χ0) is 26.9. The van der Waals surface area contributed by atoms with Crippen LogP contribution in [-0.4, -0.2) is 57.7 Å². The van der Waals surface area contributed by atoms with Crippen LogP contribution in [0.5, 0.6) is 11.5 Å². The van der Waals surface area contributed by atoms with Gasteiger partial charge in [-0.05, 0) is 42.7 Å². The lowest BCUT2D eigenvalue weighted by Gasteiger charge is -2.32. The summed E-state index contributed by atoms with van der Waals surface area (Å²) in [7, 11) is 3.00. The summed E-state index contributed by atoms with van der Waals surface area (Å²) in [4.78, 5) is 41.3. The summed E-state index contributed by atoms with van der Waals surface area (Å²) in [6.45, 7) is 0.607. The molecule has 1 aromatic heterocycles. The molecule has 2 N–H and O–H groups in total. The second-order valence-electron chi connectivity index (χ2n) is 8.66. The number of methoxy groups -OCH3 is 2. The number of furan rings is 1. The smallest absolute Gasteiger partial charge is 0.287 e. The van der Waals surface area contributed by atoms with Crippen molar-refractivity contribution in [3.63, 3.8) is 0 Å². The minimum absolute atomic E-state index is 0.0735. The van der Waals surface area contributed by atoms with Crippen LogP contribution in [0.3, 0.4) is 0 Å². The molecule has 0 bridgehead atoms. The van der Waals surface area contributed by atoms with Gasteiger partial charge in [-0.3, -0.25) is 19.3 Å². The molecule has 0 spiro atoms. The van der Waals surface area contributed by atoms with Gasteiger partial charge in [0.1, 0.15) is 6.04 Å². The fourth-order valence-corrected chi connectivity index (χ4v) is 4.32. The highest BCUT2D eigenvalue weighted by Gasteiger charge is 2.34. The summed E-state index contributed by atoms with van der Waals surface area (Å²) < 4.78 is 21.6. The molecule has 0 saturated carbocycles. The number of hydrogen-bond donors (Lipinski definition) is 2. The van der Waals surface area contributed by atoms with E-state index in [9.17, 15) is 14.4 Å². The second-order valence-corrected chi connectivity index (χ2v) is 8.66. The van der Waals surface area contributed by atoms with Gasteiger partial charge in [-0.25, -0.2) is 0 Å². The van der Waals surface area contributed by atoms with Gasteiger partial charge in [0.25, 0.3) is 5.91 Å². The van der Waals surface area contributed by atoms with Crippen LogP contribution in [0, 0.1) is 0 Å². The number of nitrogens with zero attached hydrogens (tertiary/aromatic N) is 1. The molecule has 2 heterocycles. The molecule has 200 valence electrons. The van der Waals surface area contributed by atoms with Crippen LogP contribution >= 0.6 is 0 Å². The first-order valence-electron chi connectivity index (χ1n) is 12.3. The Morgan fingerprint density at radius 2 is 1.79 bits per heavy atom. The maximum absolute atomic E-state index is 13.8. The number of benzene rings is 2. The standard InChI is InChI=1S/C28H31N3O7/c1-35-22-13-12-20(16-24(22)36-2)31(25(32)18-30-27(33)23-11-7-15-38-23)26(19-8-4-3-5-9-19)28(34)29-17-21-10-6-14-37-21/h3-5,7-9,11-13,15-16,21,26H,6,10,14,17-18H2,1-2H3,(H,29,34)(H,30,33)/t21-,26+/m0/s1. The molecule has 1 saturated heterocycles. The van der Waals surface area contributed by atoms with Crippen molar-refractivity contribution >= 4 is 23.4 Å². The Labute approximate surface area is 220 Å². The van der Waals surface area contributed by atoms with Gasteiger partial charge in [-0.1, -0.05) is 30.3 Å². The van der Waals surface area contributed by atoms with Gasteiger partial charge in [-0.2, -0.15) is 0 Å². The summed E-state index contributed by atoms with van der Waals surface area (Å²) in [6.07, 6.45) is 3.09. The van der Waals surface area contributed by atoms with E-state index >= 15 is 0 Å². The molecule has 2 atom stereocenters. The monoisotopic (exact) mass is 521 g/mol. The fraction of sp³-hybridized carbons (Fsp3) is 0.321. The van der Waals surface area contributed by atoms with Crippen LogP contribution in [0.25, 0.3) is 0 Å². The van der Waals surface area contributed by atoms with Gasteiger partial charge < -0.3 is 29.3 Å². The molecule has 3 aromatic rings. The van der Waals surface area contributed by atoms with E-state index in [1.807, 2.05) is 6.07 Å². The number of amides is 3. The van der Waals surface area contributed by atoms with E-state index in [0.717, 1.165) is 12.8 Å². The summed E-state index contributed by atoms with van der Waals surface area (Å²) in [5.41, 5.74) is 0.985. The van der Waals surface area contributed by atoms with E-state index in [2.05, 4.69) is 10.6 Å². The molecular formula is C28H31N3O7. The van der Waals surface area contributed by atoms with Crippen LogP contribution in [0.2, 0.25) is 0 Å². The van der Waals surface area contributed by atoms with E-state index < -0.39 is 17.9 Å². The lowest BCUT2D eigenvalue weighted by atomic mass is 10.0. The number of carbonyl (C=O) groups excluding carboxylic acids is 3. The van der Waals surface area contributed by atoms with Crippen LogP contribution in [-0.2, 0) is 14.3 Å². The largest absolute Gasteiger partial charge is 0.493 e. The zero-order valence-corrected chi connectivity index (χ0v) is 21.3. The van der Waals surface area contributed by atoms with Crippen LogP contribution in [0.1, 0.15) is 35.0 Å². The molecule has 0 unspecified atom stereocenters. The Bertz CT molecular complexity index is 1220. The number of nitrogens with one attached hydrogen (secondary N) is 2. The van der Waals surface area contributed by atoms with Crippen LogP contribution in [0.15, 0.2) is 71.3 Å². The summed E-state index contributed by atoms with van der Waals surface area (Å²) in [6, 6.07) is 16.0. The first-order chi connectivity index (χ1) is 18.5. The summed E-state index contributed by atoms with van der Waals surface area (Å²) >= 11 is 0. The first-order valence-corrected chi connectivity index (χ1v) is 12.3. The van der Waals surface area contributed by atoms with E-state index in [1.165, 1.54) is 31.4 Å². The molecule has 10 nitrogen and oxygen atoms in total. The topological polar surface area (TPSA) is 119 Å². The highest BCUT2D eigenvalue weighted by molar-refractivity contribution is 6.04. The predicted octanol–water partition coefficient (Wildman–Crippen LogP) is 3.10. The van der Waals surface area contributed by atoms with Crippen molar-refractivity contribution < 1.29 is 33.0 Å². The molecule has 2 aromatic carbocycles. The van der Waals surface area contributed by atoms with Crippen molar-refractivity contribution in [2.75, 3.05) is 38.8 Å². The average Bonchev–Trinajstić information content (AvgIpc) is 3.68. The number of rotatable bonds is 11. The van der Waals surface area contributed by atoms with Gasteiger partial charge in [-0.15, -0.1) is 0 Å². The summed E-state index contributed by atoms with van der Waals surface area (Å²) in [5.74, 6) is -0.521. The molecule has 0 aliphatic carbocycles. The van der Waals surface area contributed by atoms with Gasteiger partial charge in [0, 0.05) is 24.9 Å². The van der Waals surface area contributed by atoms with Crippen molar-refractivity contribution in [2.45, 2.75) is 25.0 Å². The Hall–Kier alpha value is -4.31. The highest BCUT2D eigenvalue weighted by atomic mass is 16.5. The van der Waals surface area contributed by atoms with Crippen molar-refractivity contribution in [2.24, 2.45) is 0 Å². The minimum Gasteiger partial charge on any atom is -0.493 e. The Balaban J connectivity index is 1.69. The molecule has 4 rings (SSSR count). The van der Waals surface area contributed by atoms with Crippen LogP contribution in [0.4, 0.5) is 5.69 Å². The lowest BCUT2D eigenvalue weighted by molar-refractivity contribution is -0.126. The number of anilines is 1. The first kappa shape index (κ1) is 26.7. The van der Waals surface area contributed by atoms with Crippen molar-refractivity contribution in [3.8, 4) is 11.5 Å². The lowest BCUT2D eigenvalue weighted by Crippen LogP contribution is -2.48. The van der Waals surface area contributed by atoms with E-state index in [0.29, 0.717) is 35.9 Å². The highest BCUT2D eigenvalue weighted by Crippen LogP contribution is 2.35. The number of hydrogen-bond acceptors (Lipinski definition) is 7. The molecular weight excluding hydrogens is 490 g/mol. The SMILES string of the molecule is COc1ccc(N(C(=O)CNC(=O)c2ccco2)[C@@H](C(=O)NC[C@@H]2CCCO2)c2ccccc2)cc1OC. The van der Waals surface area contributed by atoms with Crippen molar-refractivity contribution in [1.82, 2.24) is 10.6 Å². The Morgan fingerprint density at radius 1 is 1.00 bits per heavy atom.